The molecule has 1 aliphatic rings. The van der Waals surface area contributed by atoms with Crippen LogP contribution in [0.1, 0.15) is 239 Å². The number of carbonyl (C=O) groups excluding carboxylic acids is 1. The molecule has 0 spiro atoms. The summed E-state index contributed by atoms with van der Waals surface area (Å²) in [5.74, 6) is -0.665. The fourth-order valence-corrected chi connectivity index (χ4v) is 8.98. The summed E-state index contributed by atoms with van der Waals surface area (Å²) in [4.78, 5) is 13.2. The Balaban J connectivity index is 2.45. The molecule has 7 N–H and O–H groups in total. The van der Waals surface area contributed by atoms with E-state index in [0.29, 0.717) is 19.3 Å². The average Bonchev–Trinajstić information content (AvgIpc) is 3.24. The highest BCUT2D eigenvalue weighted by Gasteiger charge is 2.48. The number of aliphatic hydroxyl groups excluding tert-OH is 5. The number of hydrogen-bond donors (Lipinski definition) is 7. The highest BCUT2D eigenvalue weighted by molar-refractivity contribution is 7.80. The average molecular weight is 910 g/mol. The smallest absolute Gasteiger partial charge is 0.394 e. The van der Waals surface area contributed by atoms with E-state index in [1.807, 2.05) is 0 Å². The first-order valence-corrected chi connectivity index (χ1v) is 26.9. The summed E-state index contributed by atoms with van der Waals surface area (Å²) in [5, 5.41) is 55.5. The van der Waals surface area contributed by atoms with Crippen molar-refractivity contribution in [3.05, 3.63) is 0 Å². The number of unbranched alkanes of at least 4 members (excludes halogenated alkanes) is 31. The van der Waals surface area contributed by atoms with Gasteiger partial charge in [0.25, 0.3) is 0 Å². The van der Waals surface area contributed by atoms with Crippen LogP contribution in [0.5, 0.6) is 0 Å². The second-order valence-electron chi connectivity index (χ2n) is 18.3. The Kier molecular flexibility index (Phi) is 37.4. The first kappa shape index (κ1) is 59.1. The van der Waals surface area contributed by atoms with Crippen LogP contribution in [0.4, 0.5) is 0 Å². The lowest BCUT2D eigenvalue weighted by atomic mass is 9.99. The number of ether oxygens (including phenoxy) is 2. The third kappa shape index (κ3) is 31.1. The molecule has 13 nitrogen and oxygen atoms in total. The Labute approximate surface area is 378 Å². The van der Waals surface area contributed by atoms with E-state index in [0.717, 1.165) is 38.5 Å². The molecule has 0 aromatic carbocycles. The largest absolute Gasteiger partial charge is 0.397 e. The lowest BCUT2D eigenvalue weighted by molar-refractivity contribution is -0.298. The van der Waals surface area contributed by atoms with Crippen LogP contribution in [0.3, 0.4) is 0 Å². The normalized spacial score (nSPS) is 20.9. The summed E-state index contributed by atoms with van der Waals surface area (Å²) in [6.45, 7) is 3.30. The van der Waals surface area contributed by atoms with Gasteiger partial charge in [0.1, 0.15) is 30.5 Å². The van der Waals surface area contributed by atoms with E-state index < -0.39 is 78.5 Å². The Morgan fingerprint density at radius 1 is 0.581 bits per heavy atom. The summed E-state index contributed by atoms with van der Waals surface area (Å²) in [6.07, 6.45) is 30.0. The first-order chi connectivity index (χ1) is 29.9. The van der Waals surface area contributed by atoms with Gasteiger partial charge in [-0.15, -0.1) is 0 Å². The Morgan fingerprint density at radius 2 is 0.935 bits per heavy atom. The molecule has 1 amide bonds. The van der Waals surface area contributed by atoms with Crippen LogP contribution >= 0.6 is 0 Å². The molecular formula is C48H95NO12S. The molecule has 370 valence electrons. The van der Waals surface area contributed by atoms with Crippen molar-refractivity contribution in [2.24, 2.45) is 0 Å². The van der Waals surface area contributed by atoms with Crippen LogP contribution < -0.4 is 5.32 Å². The second-order valence-corrected chi connectivity index (χ2v) is 19.3. The quantitative estimate of drug-likeness (QED) is 0.0225. The lowest BCUT2D eigenvalue weighted by Gasteiger charge is -2.41. The van der Waals surface area contributed by atoms with Gasteiger partial charge in [-0.2, -0.15) is 8.42 Å². The van der Waals surface area contributed by atoms with Crippen molar-refractivity contribution in [3.63, 3.8) is 0 Å². The van der Waals surface area contributed by atoms with Crippen molar-refractivity contribution in [2.75, 3.05) is 13.2 Å². The zero-order chi connectivity index (χ0) is 45.7. The minimum atomic E-state index is -5.11. The fraction of sp³-hybridized carbons (Fsp3) is 0.979. The number of amides is 1. The predicted molar refractivity (Wildman–Crippen MR) is 247 cm³/mol. The molecule has 0 aliphatic carbocycles. The van der Waals surface area contributed by atoms with E-state index >= 15 is 0 Å². The van der Waals surface area contributed by atoms with E-state index in [9.17, 15) is 43.3 Å². The molecule has 1 rings (SSSR count). The molecule has 8 atom stereocenters. The van der Waals surface area contributed by atoms with E-state index in [4.69, 9.17) is 9.47 Å². The first-order valence-electron chi connectivity index (χ1n) is 25.5. The van der Waals surface area contributed by atoms with Crippen molar-refractivity contribution >= 4 is 16.3 Å². The van der Waals surface area contributed by atoms with Crippen molar-refractivity contribution in [3.8, 4) is 0 Å². The van der Waals surface area contributed by atoms with Crippen LogP contribution in [0.2, 0.25) is 0 Å². The molecule has 1 aliphatic heterocycles. The van der Waals surface area contributed by atoms with Crippen LogP contribution in [0.25, 0.3) is 0 Å². The minimum Gasteiger partial charge on any atom is -0.394 e. The number of rotatable bonds is 44. The topological polar surface area (TPSA) is 212 Å². The summed E-state index contributed by atoms with van der Waals surface area (Å²) in [6, 6.07) is -1.03. The molecule has 62 heavy (non-hydrogen) atoms. The van der Waals surface area contributed by atoms with Crippen LogP contribution in [0, 0.1) is 0 Å². The van der Waals surface area contributed by atoms with E-state index in [2.05, 4.69) is 23.3 Å². The van der Waals surface area contributed by atoms with Gasteiger partial charge in [0.05, 0.1) is 25.4 Å². The third-order valence-corrected chi connectivity index (χ3v) is 13.0. The van der Waals surface area contributed by atoms with Crippen molar-refractivity contribution in [2.45, 2.75) is 288 Å². The molecule has 0 aromatic heterocycles. The highest BCUT2D eigenvalue weighted by Crippen LogP contribution is 2.26. The standard InChI is InChI=1S/C48H95NO12S/c1-3-5-7-9-11-13-15-17-18-19-20-21-22-23-25-27-29-31-33-35-37-42(52)47(55)49-40(41(51)36-34-32-30-28-26-24-16-14-12-10-8-6-4-2)39-59-48-45(54)46(61-62(56,57)58)44(53)43(38-50)60-48/h40-46,48,50-54H,3-39H2,1-2H3,(H,49,55)(H,56,57,58)/t40-,41+,42+,43+,44-,45+,46-,48+/m0/s1. The van der Waals surface area contributed by atoms with Gasteiger partial charge < -0.3 is 40.3 Å². The lowest BCUT2D eigenvalue weighted by Crippen LogP contribution is -2.61. The monoisotopic (exact) mass is 910 g/mol. The third-order valence-electron chi connectivity index (χ3n) is 12.5. The summed E-state index contributed by atoms with van der Waals surface area (Å²) < 4.78 is 47.6. The van der Waals surface area contributed by atoms with Gasteiger partial charge >= 0.3 is 10.4 Å². The maximum Gasteiger partial charge on any atom is 0.397 e. The van der Waals surface area contributed by atoms with Crippen LogP contribution in [-0.4, -0.2) is 107 Å². The van der Waals surface area contributed by atoms with Gasteiger partial charge in [-0.25, -0.2) is 4.18 Å². The van der Waals surface area contributed by atoms with Gasteiger partial charge in [-0.3, -0.25) is 9.35 Å². The molecule has 0 unspecified atom stereocenters. The summed E-state index contributed by atoms with van der Waals surface area (Å²) >= 11 is 0. The molecule has 14 heteroatoms. The predicted octanol–water partition coefficient (Wildman–Crippen LogP) is 9.53. The molecule has 1 heterocycles. The van der Waals surface area contributed by atoms with Gasteiger partial charge in [-0.1, -0.05) is 226 Å². The van der Waals surface area contributed by atoms with Gasteiger partial charge in [0, 0.05) is 0 Å². The van der Waals surface area contributed by atoms with Crippen molar-refractivity contribution in [1.29, 1.82) is 0 Å². The van der Waals surface area contributed by atoms with Gasteiger partial charge in [0.2, 0.25) is 5.91 Å². The SMILES string of the molecule is CCCCCCCCCCCCCCCCCCCCCC[C@@H](O)C(=O)N[C@@H](CO[C@@H]1O[C@H](CO)[C@H](O)[C@H](OS(=O)(=O)O)[C@H]1O)[C@H](O)CCCCCCCCCCCCCCC. The molecular weight excluding hydrogens is 815 g/mol. The molecule has 0 radical (unpaired) electrons. The zero-order valence-corrected chi connectivity index (χ0v) is 40.1. The Hall–Kier alpha value is -0.940. The number of hydrogen-bond acceptors (Lipinski definition) is 11. The number of nitrogens with one attached hydrogen (secondary N) is 1. The van der Waals surface area contributed by atoms with Gasteiger partial charge in [-0.05, 0) is 12.8 Å². The summed E-state index contributed by atoms with van der Waals surface area (Å²) in [5.41, 5.74) is 0. The maximum absolute atomic E-state index is 13.2. The molecule has 1 fully saturated rings. The molecule has 0 saturated carbocycles. The van der Waals surface area contributed by atoms with Gasteiger partial charge in [0.15, 0.2) is 6.29 Å². The highest BCUT2D eigenvalue weighted by atomic mass is 32.3. The van der Waals surface area contributed by atoms with E-state index in [1.54, 1.807) is 0 Å². The Bertz CT molecular complexity index is 1130. The maximum atomic E-state index is 13.2. The summed E-state index contributed by atoms with van der Waals surface area (Å²) in [7, 11) is -5.11. The second kappa shape index (κ2) is 39.2. The minimum absolute atomic E-state index is 0.266. The van der Waals surface area contributed by atoms with Crippen molar-refractivity contribution < 1.29 is 57.0 Å². The zero-order valence-electron chi connectivity index (χ0n) is 39.3. The Morgan fingerprint density at radius 3 is 1.29 bits per heavy atom. The molecule has 0 aromatic rings. The van der Waals surface area contributed by atoms with Crippen LogP contribution in [-0.2, 0) is 28.9 Å². The van der Waals surface area contributed by atoms with Crippen molar-refractivity contribution in [1.82, 2.24) is 5.32 Å². The van der Waals surface area contributed by atoms with E-state index in [-0.39, 0.29) is 6.42 Å². The number of carbonyl (C=O) groups is 1. The van der Waals surface area contributed by atoms with Crippen LogP contribution in [0.15, 0.2) is 0 Å². The fourth-order valence-electron chi connectivity index (χ4n) is 8.47. The molecule has 0 bridgehead atoms. The molecule has 1 saturated heterocycles. The van der Waals surface area contributed by atoms with E-state index in [1.165, 1.54) is 161 Å². The number of aliphatic hydroxyl groups is 5.